The van der Waals surface area contributed by atoms with Crippen molar-refractivity contribution in [3.05, 3.63) is 131 Å². The summed E-state index contributed by atoms with van der Waals surface area (Å²) in [5.41, 5.74) is 11.4. The number of hydrogen-bond acceptors (Lipinski definition) is 4. The number of hydrogen-bond donors (Lipinski definition) is 2. The molecule has 0 aliphatic heterocycles. The first kappa shape index (κ1) is 12.0. The standard InChI is InChI=1S/2C6H5N2.2C6H7N/c2*7-8-6-4-2-1-3-5-6;2*7-6-4-2-1-3-5-6/h2*1-5H;2*1-5H,7H2/q2*+1;;/i1D,2D,3D,4D,5D;;1D,2D,3D,4D,5D;. The highest BCUT2D eigenvalue weighted by atomic mass is 14.8. The van der Waals surface area contributed by atoms with E-state index in [1.807, 2.05) is 48.5 Å². The van der Waals surface area contributed by atoms with E-state index in [1.54, 1.807) is 12.1 Å². The van der Waals surface area contributed by atoms with Gasteiger partial charge in [0.1, 0.15) is 0 Å². The molecule has 0 aliphatic rings. The fourth-order valence-electron chi connectivity index (χ4n) is 1.50. The molecular formula is C24H24N6+2. The van der Waals surface area contributed by atoms with E-state index >= 15 is 0 Å². The molecule has 0 spiro atoms. The first-order valence-corrected chi connectivity index (χ1v) is 8.25. The van der Waals surface area contributed by atoms with Gasteiger partial charge in [-0.25, -0.2) is 0 Å². The number of rotatable bonds is 0. The highest BCUT2D eigenvalue weighted by Gasteiger charge is 1.96. The summed E-state index contributed by atoms with van der Waals surface area (Å²) in [6.07, 6.45) is 0. The summed E-state index contributed by atoms with van der Waals surface area (Å²) in [4.78, 5) is 5.60. The molecule has 4 aromatic rings. The molecule has 0 saturated heterocycles. The summed E-state index contributed by atoms with van der Waals surface area (Å²) in [6.45, 7) is 0. The molecule has 4 aromatic carbocycles. The fraction of sp³-hybridized carbons (Fsp3) is 0. The van der Waals surface area contributed by atoms with Gasteiger partial charge >= 0.3 is 11.4 Å². The topological polar surface area (TPSA) is 108 Å². The second-order valence-corrected chi connectivity index (χ2v) is 4.96. The lowest BCUT2D eigenvalue weighted by Crippen LogP contribution is -1.79. The molecule has 0 aromatic heterocycles. The average molecular weight is 407 g/mol. The average Bonchev–Trinajstić information content (AvgIpc) is 2.98. The van der Waals surface area contributed by atoms with Gasteiger partial charge in [0.15, 0.2) is 9.95 Å². The molecule has 0 radical (unpaired) electrons. The van der Waals surface area contributed by atoms with Gasteiger partial charge < -0.3 is 11.5 Å². The van der Waals surface area contributed by atoms with Crippen molar-refractivity contribution in [2.75, 3.05) is 11.5 Å². The summed E-state index contributed by atoms with van der Waals surface area (Å²) in [5, 5.41) is 16.6. The number of diazo groups is 2. The van der Waals surface area contributed by atoms with Gasteiger partial charge in [0, 0.05) is 35.6 Å². The van der Waals surface area contributed by atoms with Gasteiger partial charge in [-0.05, 0) is 24.2 Å². The number of nitrogen functional groups attached to an aromatic ring is 2. The van der Waals surface area contributed by atoms with Crippen molar-refractivity contribution in [2.24, 2.45) is 0 Å². The van der Waals surface area contributed by atoms with E-state index in [-0.39, 0.29) is 17.8 Å². The number of para-hydroxylation sites is 2. The van der Waals surface area contributed by atoms with Crippen LogP contribution in [0.25, 0.3) is 9.95 Å². The maximum absolute atomic E-state index is 8.40. The zero-order valence-corrected chi connectivity index (χ0v) is 15.7. The van der Waals surface area contributed by atoms with Crippen molar-refractivity contribution < 1.29 is 13.7 Å². The van der Waals surface area contributed by atoms with E-state index in [9.17, 15) is 0 Å². The molecule has 6 heteroatoms. The number of nitrogens with two attached hydrogens (primary N) is 2. The molecule has 0 unspecified atom stereocenters. The highest BCUT2D eigenvalue weighted by molar-refractivity contribution is 5.42. The summed E-state index contributed by atoms with van der Waals surface area (Å²) in [6, 6.07) is 14.0. The van der Waals surface area contributed by atoms with Crippen LogP contribution in [0.15, 0.2) is 121 Å². The van der Waals surface area contributed by atoms with Crippen LogP contribution in [0.2, 0.25) is 0 Å². The van der Waals surface area contributed by atoms with Crippen LogP contribution in [-0.2, 0) is 0 Å². The largest absolute Gasteiger partial charge is 0.399 e. The van der Waals surface area contributed by atoms with Crippen molar-refractivity contribution >= 4 is 22.7 Å². The molecule has 6 nitrogen and oxygen atoms in total. The zero-order valence-electron chi connectivity index (χ0n) is 25.7. The maximum atomic E-state index is 8.40. The maximum Gasteiger partial charge on any atom is 0.385 e. The van der Waals surface area contributed by atoms with Crippen molar-refractivity contribution in [2.45, 2.75) is 0 Å². The molecular weight excluding hydrogens is 372 g/mol. The van der Waals surface area contributed by atoms with E-state index in [4.69, 9.17) is 36.0 Å². The van der Waals surface area contributed by atoms with Crippen LogP contribution in [-0.4, -0.2) is 0 Å². The minimum absolute atomic E-state index is 0.207. The van der Waals surface area contributed by atoms with E-state index in [1.165, 1.54) is 0 Å². The first-order valence-electron chi connectivity index (χ1n) is 13.2. The predicted octanol–water partition coefficient (Wildman–Crippen LogP) is 6.88. The van der Waals surface area contributed by atoms with Crippen LogP contribution < -0.4 is 11.5 Å². The van der Waals surface area contributed by atoms with Crippen LogP contribution in [0.5, 0.6) is 0 Å². The Balaban J connectivity index is 0.000000274. The van der Waals surface area contributed by atoms with Crippen LogP contribution >= 0.6 is 0 Å². The van der Waals surface area contributed by atoms with Crippen LogP contribution in [0.1, 0.15) is 13.7 Å². The van der Waals surface area contributed by atoms with Crippen molar-refractivity contribution in [1.29, 1.82) is 10.8 Å². The lowest BCUT2D eigenvalue weighted by Gasteiger charge is -1.83. The van der Waals surface area contributed by atoms with E-state index in [0.717, 1.165) is 5.69 Å². The first-order chi connectivity index (χ1) is 18.8. The van der Waals surface area contributed by atoms with Crippen LogP contribution in [0.3, 0.4) is 0 Å². The number of benzene rings is 4. The molecule has 0 bridgehead atoms. The lowest BCUT2D eigenvalue weighted by atomic mass is 10.3. The Morgan fingerprint density at radius 1 is 0.533 bits per heavy atom. The molecule has 0 atom stereocenters. The van der Waals surface area contributed by atoms with Crippen molar-refractivity contribution in [3.63, 3.8) is 0 Å². The molecule has 148 valence electrons. The number of anilines is 2. The Bertz CT molecular complexity index is 1400. The molecule has 4 rings (SSSR count). The minimum Gasteiger partial charge on any atom is -0.399 e. The molecule has 0 fully saturated rings. The molecule has 0 amide bonds. The Labute approximate surface area is 190 Å². The smallest absolute Gasteiger partial charge is 0.385 e. The number of nitrogens with zero attached hydrogens (tertiary/aromatic N) is 4. The predicted molar refractivity (Wildman–Crippen MR) is 124 cm³/mol. The third-order valence-electron chi connectivity index (χ3n) is 2.78. The SMILES string of the molecule is N#[N+]c1ccccc1.Nc1ccccc1.[2H]c1c([2H])c([2H])c(N)c([2H])c1[2H].[2H]c1c([2H])c([2H])c([N+]#N)c([2H])c1[2H]. The summed E-state index contributed by atoms with van der Waals surface area (Å²) in [7, 11) is 0. The van der Waals surface area contributed by atoms with Crippen LogP contribution in [0, 0.1) is 10.8 Å². The monoisotopic (exact) mass is 406 g/mol. The molecule has 4 N–H and O–H groups in total. The van der Waals surface area contributed by atoms with Gasteiger partial charge in [-0.15, -0.1) is 0 Å². The van der Waals surface area contributed by atoms with Gasteiger partial charge in [-0.3, -0.25) is 0 Å². The Morgan fingerprint density at radius 2 is 0.967 bits per heavy atom. The Morgan fingerprint density at radius 3 is 1.33 bits per heavy atom. The molecule has 0 heterocycles. The normalized spacial score (nSPS) is 12.9. The van der Waals surface area contributed by atoms with Crippen LogP contribution in [0.4, 0.5) is 22.7 Å². The van der Waals surface area contributed by atoms with Gasteiger partial charge in [-0.2, -0.15) is 0 Å². The third-order valence-corrected chi connectivity index (χ3v) is 2.78. The second kappa shape index (κ2) is 15.4. The van der Waals surface area contributed by atoms with Crippen molar-refractivity contribution in [3.8, 4) is 0 Å². The Hall–Kier alpha value is -4.68. The van der Waals surface area contributed by atoms with E-state index < -0.39 is 54.0 Å². The van der Waals surface area contributed by atoms with Gasteiger partial charge in [0.05, 0.1) is 13.7 Å². The summed E-state index contributed by atoms with van der Waals surface area (Å²) < 4.78 is 71.8. The molecule has 0 saturated carbocycles. The quantitative estimate of drug-likeness (QED) is 0.245. The van der Waals surface area contributed by atoms with Crippen molar-refractivity contribution in [1.82, 2.24) is 0 Å². The van der Waals surface area contributed by atoms with E-state index in [2.05, 4.69) is 9.95 Å². The molecule has 30 heavy (non-hydrogen) atoms. The summed E-state index contributed by atoms with van der Waals surface area (Å²) >= 11 is 0. The zero-order chi connectivity index (χ0) is 30.6. The minimum atomic E-state index is -0.506. The third kappa shape index (κ3) is 11.8. The van der Waals surface area contributed by atoms with Gasteiger partial charge in [0.25, 0.3) is 0 Å². The lowest BCUT2D eigenvalue weighted by molar-refractivity contribution is 1.46. The van der Waals surface area contributed by atoms with Gasteiger partial charge in [-0.1, -0.05) is 72.7 Å². The summed E-state index contributed by atoms with van der Waals surface area (Å²) in [5.74, 6) is 0. The van der Waals surface area contributed by atoms with E-state index in [0.29, 0.717) is 5.69 Å². The molecule has 0 aliphatic carbocycles. The van der Waals surface area contributed by atoms with Gasteiger partial charge in [0.2, 0.25) is 10.8 Å². The Kier molecular flexibility index (Phi) is 6.16. The fourth-order valence-corrected chi connectivity index (χ4v) is 1.50. The second-order valence-electron chi connectivity index (χ2n) is 4.96. The highest BCUT2D eigenvalue weighted by Crippen LogP contribution is 2.08.